The summed E-state index contributed by atoms with van der Waals surface area (Å²) in [4.78, 5) is 25.4. The maximum absolute atomic E-state index is 12.1. The molecule has 1 heterocycles. The Kier molecular flexibility index (Phi) is 5.82. The fourth-order valence-corrected chi connectivity index (χ4v) is 4.35. The maximum atomic E-state index is 12.1. The van der Waals surface area contributed by atoms with Gasteiger partial charge in [0.2, 0.25) is 11.8 Å². The number of likely N-dealkylation sites (N-methyl/N-ethyl adjacent to an activating group) is 1. The molecule has 1 atom stereocenters. The minimum atomic E-state index is -3.04. The van der Waals surface area contributed by atoms with Crippen LogP contribution < -0.4 is 10.1 Å². The predicted octanol–water partition coefficient (Wildman–Crippen LogP) is -0.000600. The first-order valence-electron chi connectivity index (χ1n) is 7.66. The smallest absolute Gasteiger partial charge is 0.241 e. The Bertz CT molecular complexity index is 700. The Morgan fingerprint density at radius 3 is 2.50 bits per heavy atom. The average molecular weight is 354 g/mol. The van der Waals surface area contributed by atoms with Crippen molar-refractivity contribution in [2.45, 2.75) is 18.9 Å². The second kappa shape index (κ2) is 7.65. The second-order valence-electron chi connectivity index (χ2n) is 5.86. The number of sulfone groups is 1. The topological polar surface area (TPSA) is 92.8 Å². The minimum Gasteiger partial charge on any atom is -0.497 e. The third-order valence-electron chi connectivity index (χ3n) is 4.11. The van der Waals surface area contributed by atoms with Gasteiger partial charge >= 0.3 is 0 Å². The molecule has 7 nitrogen and oxygen atoms in total. The molecule has 1 aliphatic heterocycles. The Morgan fingerprint density at radius 1 is 1.29 bits per heavy atom. The number of amides is 2. The molecule has 132 valence electrons. The van der Waals surface area contributed by atoms with E-state index in [1.807, 2.05) is 0 Å². The van der Waals surface area contributed by atoms with Crippen molar-refractivity contribution < 1.29 is 22.7 Å². The zero-order valence-electron chi connectivity index (χ0n) is 13.8. The SMILES string of the molecule is COc1ccc(CC(=O)NCC(=O)N(C)C2CCS(=O)(=O)C2)cc1. The zero-order chi connectivity index (χ0) is 17.7. The summed E-state index contributed by atoms with van der Waals surface area (Å²) in [6, 6.07) is 6.80. The number of benzene rings is 1. The average Bonchev–Trinajstić information content (AvgIpc) is 2.92. The van der Waals surface area contributed by atoms with Crippen LogP contribution in [0.15, 0.2) is 24.3 Å². The summed E-state index contributed by atoms with van der Waals surface area (Å²) in [6.45, 7) is -0.137. The number of nitrogens with zero attached hydrogens (tertiary/aromatic N) is 1. The van der Waals surface area contributed by atoms with Crippen LogP contribution in [0.1, 0.15) is 12.0 Å². The van der Waals surface area contributed by atoms with Gasteiger partial charge in [0.05, 0.1) is 31.6 Å². The highest BCUT2D eigenvalue weighted by Gasteiger charge is 2.32. The van der Waals surface area contributed by atoms with Crippen LogP contribution in [-0.2, 0) is 25.8 Å². The number of rotatable bonds is 6. The van der Waals surface area contributed by atoms with E-state index in [-0.39, 0.29) is 42.3 Å². The highest BCUT2D eigenvalue weighted by molar-refractivity contribution is 7.91. The highest BCUT2D eigenvalue weighted by Crippen LogP contribution is 2.16. The Hall–Kier alpha value is -2.09. The molecule has 0 saturated carbocycles. The summed E-state index contributed by atoms with van der Waals surface area (Å²) in [6.07, 6.45) is 0.614. The molecule has 1 unspecified atom stereocenters. The van der Waals surface area contributed by atoms with Crippen LogP contribution in [0.2, 0.25) is 0 Å². The largest absolute Gasteiger partial charge is 0.497 e. The maximum Gasteiger partial charge on any atom is 0.241 e. The predicted molar refractivity (Wildman–Crippen MR) is 89.5 cm³/mol. The molecule has 0 spiro atoms. The van der Waals surface area contributed by atoms with E-state index < -0.39 is 9.84 Å². The molecule has 1 aromatic rings. The lowest BCUT2D eigenvalue weighted by Gasteiger charge is -2.23. The third-order valence-corrected chi connectivity index (χ3v) is 5.86. The van der Waals surface area contributed by atoms with E-state index in [4.69, 9.17) is 4.74 Å². The molecule has 2 rings (SSSR count). The van der Waals surface area contributed by atoms with Gasteiger partial charge in [0.15, 0.2) is 9.84 Å². The first-order chi connectivity index (χ1) is 11.3. The lowest BCUT2D eigenvalue weighted by Crippen LogP contribution is -2.44. The number of methoxy groups -OCH3 is 1. The molecular weight excluding hydrogens is 332 g/mol. The summed E-state index contributed by atoms with van der Waals surface area (Å²) in [5, 5.41) is 2.57. The Balaban J connectivity index is 1.79. The molecule has 0 aliphatic carbocycles. The van der Waals surface area contributed by atoms with Gasteiger partial charge in [0, 0.05) is 13.1 Å². The van der Waals surface area contributed by atoms with Crippen LogP contribution in [0.4, 0.5) is 0 Å². The number of hydrogen-bond acceptors (Lipinski definition) is 5. The van der Waals surface area contributed by atoms with Crippen molar-refractivity contribution in [2.24, 2.45) is 0 Å². The van der Waals surface area contributed by atoms with Gasteiger partial charge in [-0.05, 0) is 24.1 Å². The number of nitrogens with one attached hydrogen (secondary N) is 1. The molecule has 0 aromatic heterocycles. The number of carbonyl (C=O) groups is 2. The van der Waals surface area contributed by atoms with Crippen molar-refractivity contribution in [3.05, 3.63) is 29.8 Å². The van der Waals surface area contributed by atoms with Gasteiger partial charge in [-0.3, -0.25) is 9.59 Å². The molecule has 1 aliphatic rings. The van der Waals surface area contributed by atoms with Gasteiger partial charge in [-0.2, -0.15) is 0 Å². The van der Waals surface area contributed by atoms with Gasteiger partial charge in [0.1, 0.15) is 5.75 Å². The monoisotopic (exact) mass is 354 g/mol. The highest BCUT2D eigenvalue weighted by atomic mass is 32.2. The van der Waals surface area contributed by atoms with Crippen LogP contribution in [0.25, 0.3) is 0 Å². The molecule has 8 heteroatoms. The fourth-order valence-electron chi connectivity index (χ4n) is 2.57. The van der Waals surface area contributed by atoms with Crippen LogP contribution >= 0.6 is 0 Å². The molecular formula is C16H22N2O5S. The van der Waals surface area contributed by atoms with Crippen LogP contribution in [0.5, 0.6) is 5.75 Å². The molecule has 1 fully saturated rings. The van der Waals surface area contributed by atoms with Crippen molar-refractivity contribution in [3.63, 3.8) is 0 Å². The summed E-state index contributed by atoms with van der Waals surface area (Å²) >= 11 is 0. The van der Waals surface area contributed by atoms with Gasteiger partial charge < -0.3 is 15.0 Å². The lowest BCUT2D eigenvalue weighted by molar-refractivity contribution is -0.133. The molecule has 1 aromatic carbocycles. The number of carbonyl (C=O) groups excluding carboxylic acids is 2. The van der Waals surface area contributed by atoms with Crippen molar-refractivity contribution >= 4 is 21.7 Å². The standard InChI is InChI=1S/C16H22N2O5S/c1-18(13-7-8-24(21,22)11-13)16(20)10-17-15(19)9-12-3-5-14(23-2)6-4-12/h3-6,13H,7-11H2,1-2H3,(H,17,19). The third kappa shape index (κ3) is 4.95. The molecule has 24 heavy (non-hydrogen) atoms. The lowest BCUT2D eigenvalue weighted by atomic mass is 10.1. The minimum absolute atomic E-state index is 0.00493. The van der Waals surface area contributed by atoms with Gasteiger partial charge in [-0.25, -0.2) is 8.42 Å². The van der Waals surface area contributed by atoms with Gasteiger partial charge in [-0.1, -0.05) is 12.1 Å². The normalized spacial score (nSPS) is 18.8. The van der Waals surface area contributed by atoms with E-state index in [0.717, 1.165) is 5.56 Å². The molecule has 0 radical (unpaired) electrons. The van der Waals surface area contributed by atoms with E-state index in [1.54, 1.807) is 38.4 Å². The van der Waals surface area contributed by atoms with Gasteiger partial charge in [-0.15, -0.1) is 0 Å². The number of ether oxygens (including phenoxy) is 1. The zero-order valence-corrected chi connectivity index (χ0v) is 14.6. The van der Waals surface area contributed by atoms with Crippen molar-refractivity contribution in [3.8, 4) is 5.75 Å². The van der Waals surface area contributed by atoms with Crippen LogP contribution in [-0.4, -0.2) is 63.4 Å². The van der Waals surface area contributed by atoms with Crippen LogP contribution in [0.3, 0.4) is 0 Å². The fraction of sp³-hybridized carbons (Fsp3) is 0.500. The van der Waals surface area contributed by atoms with Crippen molar-refractivity contribution in [1.82, 2.24) is 10.2 Å². The number of hydrogen-bond donors (Lipinski definition) is 1. The summed E-state index contributed by atoms with van der Waals surface area (Å²) in [5.41, 5.74) is 0.816. The Morgan fingerprint density at radius 2 is 1.96 bits per heavy atom. The summed E-state index contributed by atoms with van der Waals surface area (Å²) in [7, 11) is 0.0985. The summed E-state index contributed by atoms with van der Waals surface area (Å²) < 4.78 is 28.0. The molecule has 0 bridgehead atoms. The van der Waals surface area contributed by atoms with E-state index in [9.17, 15) is 18.0 Å². The van der Waals surface area contributed by atoms with E-state index in [1.165, 1.54) is 4.90 Å². The van der Waals surface area contributed by atoms with Crippen molar-refractivity contribution in [1.29, 1.82) is 0 Å². The van der Waals surface area contributed by atoms with Crippen LogP contribution in [0, 0.1) is 0 Å². The first-order valence-corrected chi connectivity index (χ1v) is 9.48. The second-order valence-corrected chi connectivity index (χ2v) is 8.09. The first kappa shape index (κ1) is 18.3. The quantitative estimate of drug-likeness (QED) is 0.776. The van der Waals surface area contributed by atoms with Crippen molar-refractivity contribution in [2.75, 3.05) is 32.2 Å². The van der Waals surface area contributed by atoms with E-state index in [2.05, 4.69) is 5.32 Å². The summed E-state index contributed by atoms with van der Waals surface area (Å²) in [5.74, 6) is 0.261. The van der Waals surface area contributed by atoms with E-state index in [0.29, 0.717) is 12.2 Å². The molecule has 1 N–H and O–H groups in total. The van der Waals surface area contributed by atoms with E-state index >= 15 is 0 Å². The Labute approximate surface area is 141 Å². The molecule has 1 saturated heterocycles. The van der Waals surface area contributed by atoms with Gasteiger partial charge in [0.25, 0.3) is 0 Å². The molecule has 2 amide bonds.